The molecule has 1 aliphatic rings. The molecule has 3 nitrogen and oxygen atoms in total. The van der Waals surface area contributed by atoms with E-state index in [0.29, 0.717) is 11.9 Å². The van der Waals surface area contributed by atoms with Gasteiger partial charge < -0.3 is 10.2 Å². The van der Waals surface area contributed by atoms with Crippen molar-refractivity contribution in [2.75, 3.05) is 17.2 Å². The molecule has 0 aliphatic carbocycles. The molecule has 1 fully saturated rings. The second-order valence-corrected chi connectivity index (χ2v) is 4.56. The molecule has 1 unspecified atom stereocenters. The number of nitrogens with two attached hydrogens (primary N) is 1. The summed E-state index contributed by atoms with van der Waals surface area (Å²) in [4.78, 5) is 4.23. The van der Waals surface area contributed by atoms with Gasteiger partial charge >= 0.3 is 0 Å². The minimum Gasteiger partial charge on any atom is -0.429 e. The van der Waals surface area contributed by atoms with E-state index in [1.165, 1.54) is 18.6 Å². The van der Waals surface area contributed by atoms with Gasteiger partial charge in [0.25, 0.3) is 6.01 Å². The van der Waals surface area contributed by atoms with E-state index >= 15 is 0 Å². The van der Waals surface area contributed by atoms with Crippen LogP contribution in [-0.4, -0.2) is 16.5 Å². The maximum Gasteiger partial charge on any atom is 0.292 e. The summed E-state index contributed by atoms with van der Waals surface area (Å²) < 4.78 is 5.23. The zero-order valence-corrected chi connectivity index (χ0v) is 8.56. The highest BCUT2D eigenvalue weighted by Crippen LogP contribution is 2.32. The van der Waals surface area contributed by atoms with E-state index in [4.69, 9.17) is 10.2 Å². The van der Waals surface area contributed by atoms with Crippen LogP contribution in [0, 0.1) is 6.92 Å². The molecule has 0 bridgehead atoms. The van der Waals surface area contributed by atoms with Crippen molar-refractivity contribution in [3.63, 3.8) is 0 Å². The lowest BCUT2D eigenvalue weighted by molar-refractivity contribution is 0.537. The summed E-state index contributed by atoms with van der Waals surface area (Å²) in [5, 5.41) is 0. The third-order valence-corrected chi connectivity index (χ3v) is 3.61. The predicted molar refractivity (Wildman–Crippen MR) is 55.0 cm³/mol. The topological polar surface area (TPSA) is 52.0 Å². The van der Waals surface area contributed by atoms with Gasteiger partial charge in [0.15, 0.2) is 0 Å². The second-order valence-electron chi connectivity index (χ2n) is 3.41. The van der Waals surface area contributed by atoms with Gasteiger partial charge in [-0.2, -0.15) is 16.7 Å². The average Bonchev–Trinajstić information content (AvgIpc) is 2.47. The maximum absolute atomic E-state index is 5.50. The third-order valence-electron chi connectivity index (χ3n) is 2.40. The van der Waals surface area contributed by atoms with Crippen LogP contribution in [-0.2, 0) is 0 Å². The van der Waals surface area contributed by atoms with Crippen molar-refractivity contribution in [2.24, 2.45) is 0 Å². The van der Waals surface area contributed by atoms with E-state index in [0.717, 1.165) is 17.2 Å². The molecular weight excluding hydrogens is 184 g/mol. The van der Waals surface area contributed by atoms with Crippen LogP contribution in [0.5, 0.6) is 0 Å². The summed E-state index contributed by atoms with van der Waals surface area (Å²) in [6.07, 6.45) is 2.50. The summed E-state index contributed by atoms with van der Waals surface area (Å²) in [5.74, 6) is 3.89. The Morgan fingerprint density at radius 1 is 1.62 bits per heavy atom. The fourth-order valence-electron chi connectivity index (χ4n) is 1.76. The number of nitrogen functional groups attached to an aromatic ring is 1. The predicted octanol–water partition coefficient (Wildman–Crippen LogP) is 2.18. The van der Waals surface area contributed by atoms with Gasteiger partial charge in [-0.05, 0) is 25.5 Å². The van der Waals surface area contributed by atoms with Crippen LogP contribution in [0.3, 0.4) is 0 Å². The first-order chi connectivity index (χ1) is 6.27. The number of aromatic nitrogens is 1. The fourth-order valence-corrected chi connectivity index (χ4v) is 2.91. The molecular formula is C9H14N2OS. The average molecular weight is 198 g/mol. The van der Waals surface area contributed by atoms with Gasteiger partial charge in [0, 0.05) is 11.7 Å². The molecule has 0 radical (unpaired) electrons. The number of anilines is 1. The number of aryl methyl sites for hydroxylation is 1. The smallest absolute Gasteiger partial charge is 0.292 e. The molecule has 1 aromatic rings. The normalized spacial score (nSPS) is 23.3. The molecule has 2 N–H and O–H groups in total. The van der Waals surface area contributed by atoms with E-state index in [9.17, 15) is 0 Å². The van der Waals surface area contributed by atoms with Crippen LogP contribution < -0.4 is 5.73 Å². The van der Waals surface area contributed by atoms with E-state index in [-0.39, 0.29) is 0 Å². The van der Waals surface area contributed by atoms with Crippen molar-refractivity contribution >= 4 is 17.8 Å². The van der Waals surface area contributed by atoms with Crippen molar-refractivity contribution in [3.8, 4) is 0 Å². The van der Waals surface area contributed by atoms with E-state index in [1.54, 1.807) is 0 Å². The van der Waals surface area contributed by atoms with Crippen LogP contribution in [0.2, 0.25) is 0 Å². The van der Waals surface area contributed by atoms with Gasteiger partial charge in [0.1, 0.15) is 5.76 Å². The van der Waals surface area contributed by atoms with Crippen LogP contribution >= 0.6 is 11.8 Å². The molecule has 0 amide bonds. The number of oxazole rings is 1. The molecule has 1 aromatic heterocycles. The van der Waals surface area contributed by atoms with E-state index < -0.39 is 0 Å². The molecule has 4 heteroatoms. The zero-order chi connectivity index (χ0) is 9.26. The molecule has 1 atom stereocenters. The van der Waals surface area contributed by atoms with Crippen molar-refractivity contribution in [1.82, 2.24) is 4.98 Å². The maximum atomic E-state index is 5.50. The monoisotopic (exact) mass is 198 g/mol. The van der Waals surface area contributed by atoms with Crippen LogP contribution in [0.1, 0.15) is 30.2 Å². The van der Waals surface area contributed by atoms with Gasteiger partial charge in [0.05, 0.1) is 5.69 Å². The Morgan fingerprint density at radius 3 is 3.00 bits per heavy atom. The Morgan fingerprint density at radius 2 is 2.46 bits per heavy atom. The van der Waals surface area contributed by atoms with Crippen LogP contribution in [0.15, 0.2) is 4.42 Å². The minimum atomic E-state index is 0.308. The molecule has 2 rings (SSSR count). The molecule has 13 heavy (non-hydrogen) atoms. The third kappa shape index (κ3) is 1.82. The SMILES string of the molecule is Cc1oc(N)nc1C1CCCSC1. The summed E-state index contributed by atoms with van der Waals surface area (Å²) >= 11 is 1.99. The molecule has 72 valence electrons. The van der Waals surface area contributed by atoms with Crippen molar-refractivity contribution in [1.29, 1.82) is 0 Å². The second kappa shape index (κ2) is 3.62. The Hall–Kier alpha value is -0.640. The van der Waals surface area contributed by atoms with Gasteiger partial charge in [-0.3, -0.25) is 0 Å². The van der Waals surface area contributed by atoms with Gasteiger partial charge in [-0.1, -0.05) is 0 Å². The Kier molecular flexibility index (Phi) is 2.49. The zero-order valence-electron chi connectivity index (χ0n) is 7.75. The first-order valence-corrected chi connectivity index (χ1v) is 5.73. The molecule has 0 aromatic carbocycles. The first-order valence-electron chi connectivity index (χ1n) is 4.58. The summed E-state index contributed by atoms with van der Waals surface area (Å²) in [6, 6.07) is 0.308. The fraction of sp³-hybridized carbons (Fsp3) is 0.667. The molecule has 0 saturated carbocycles. The quantitative estimate of drug-likeness (QED) is 0.751. The largest absolute Gasteiger partial charge is 0.429 e. The summed E-state index contributed by atoms with van der Waals surface area (Å²) in [5.41, 5.74) is 6.58. The van der Waals surface area contributed by atoms with Crippen molar-refractivity contribution < 1.29 is 4.42 Å². The molecule has 1 aliphatic heterocycles. The lowest BCUT2D eigenvalue weighted by Gasteiger charge is -2.19. The highest BCUT2D eigenvalue weighted by Gasteiger charge is 2.21. The Balaban J connectivity index is 2.18. The van der Waals surface area contributed by atoms with Gasteiger partial charge in [0.2, 0.25) is 0 Å². The lowest BCUT2D eigenvalue weighted by Crippen LogP contribution is -2.10. The lowest BCUT2D eigenvalue weighted by atomic mass is 10.0. The van der Waals surface area contributed by atoms with E-state index in [2.05, 4.69) is 4.98 Å². The Labute approximate surface area is 82.1 Å². The number of rotatable bonds is 1. The molecule has 0 spiro atoms. The number of nitrogens with zero attached hydrogens (tertiary/aromatic N) is 1. The van der Waals surface area contributed by atoms with Crippen molar-refractivity contribution in [2.45, 2.75) is 25.7 Å². The minimum absolute atomic E-state index is 0.308. The highest BCUT2D eigenvalue weighted by molar-refractivity contribution is 7.99. The van der Waals surface area contributed by atoms with Gasteiger partial charge in [-0.15, -0.1) is 0 Å². The van der Waals surface area contributed by atoms with Crippen molar-refractivity contribution in [3.05, 3.63) is 11.5 Å². The summed E-state index contributed by atoms with van der Waals surface area (Å²) in [7, 11) is 0. The molecule has 1 saturated heterocycles. The number of thioether (sulfide) groups is 1. The standard InChI is InChI=1S/C9H14N2OS/c1-6-8(11-9(10)12-6)7-3-2-4-13-5-7/h7H,2-5H2,1H3,(H2,10,11). The highest BCUT2D eigenvalue weighted by atomic mass is 32.2. The Bertz CT molecular complexity index is 292. The van der Waals surface area contributed by atoms with Crippen LogP contribution in [0.4, 0.5) is 6.01 Å². The molecule has 2 heterocycles. The number of hydrogen-bond donors (Lipinski definition) is 1. The summed E-state index contributed by atoms with van der Waals surface area (Å²) in [6.45, 7) is 1.94. The van der Waals surface area contributed by atoms with E-state index in [1.807, 2.05) is 18.7 Å². The number of hydrogen-bond acceptors (Lipinski definition) is 4. The van der Waals surface area contributed by atoms with Crippen LogP contribution in [0.25, 0.3) is 0 Å². The van der Waals surface area contributed by atoms with Gasteiger partial charge in [-0.25, -0.2) is 0 Å². The first kappa shape index (κ1) is 8.94.